The van der Waals surface area contributed by atoms with Crippen molar-refractivity contribution in [2.24, 2.45) is 0 Å². The van der Waals surface area contributed by atoms with Crippen LogP contribution in [0, 0.1) is 0 Å². The van der Waals surface area contributed by atoms with Crippen LogP contribution in [0.15, 0.2) is 53.5 Å². The van der Waals surface area contributed by atoms with Gasteiger partial charge in [-0.1, -0.05) is 31.5 Å². The summed E-state index contributed by atoms with van der Waals surface area (Å²) in [5.41, 5.74) is 1.78. The number of nitrogens with one attached hydrogen (secondary N) is 1. The molecule has 0 radical (unpaired) electrons. The molecule has 2 aromatic rings. The number of pyridine rings is 1. The Labute approximate surface area is 147 Å². The molecular weight excluding hydrogens is 320 g/mol. The van der Waals surface area contributed by atoms with E-state index in [1.54, 1.807) is 34.7 Å². The van der Waals surface area contributed by atoms with Gasteiger partial charge >= 0.3 is 0 Å². The van der Waals surface area contributed by atoms with E-state index < -0.39 is 0 Å². The fourth-order valence-corrected chi connectivity index (χ4v) is 3.22. The zero-order valence-corrected chi connectivity index (χ0v) is 15.0. The summed E-state index contributed by atoms with van der Waals surface area (Å²) >= 11 is 1.68. The molecule has 1 heterocycles. The molecule has 0 saturated heterocycles. The van der Waals surface area contributed by atoms with E-state index in [4.69, 9.17) is 0 Å². The molecule has 1 N–H and O–H groups in total. The van der Waals surface area contributed by atoms with Gasteiger partial charge < -0.3 is 9.88 Å². The Bertz CT molecular complexity index is 710. The van der Waals surface area contributed by atoms with Gasteiger partial charge in [0.2, 0.25) is 5.91 Å². The number of carbonyl (C=O) groups is 1. The minimum Gasteiger partial charge on any atom is -0.325 e. The maximum Gasteiger partial charge on any atom is 0.250 e. The number of rotatable bonds is 8. The van der Waals surface area contributed by atoms with Crippen molar-refractivity contribution < 1.29 is 4.79 Å². The quantitative estimate of drug-likeness (QED) is 0.742. The van der Waals surface area contributed by atoms with Crippen LogP contribution in [-0.4, -0.2) is 21.5 Å². The van der Waals surface area contributed by atoms with Gasteiger partial charge in [-0.3, -0.25) is 9.59 Å². The summed E-state index contributed by atoms with van der Waals surface area (Å²) in [5.74, 6) is 1.04. The highest BCUT2D eigenvalue weighted by atomic mass is 32.2. The molecule has 0 fully saturated rings. The molecule has 4 nitrogen and oxygen atoms in total. The number of benzene rings is 1. The summed E-state index contributed by atoms with van der Waals surface area (Å²) in [6.07, 6.45) is 4.05. The maximum atomic E-state index is 12.1. The SMILES string of the molecule is CCCCS[C@H](C)C(=O)Nc1ccc(Cn2ccccc2=O)cc1. The van der Waals surface area contributed by atoms with Gasteiger partial charge in [0.1, 0.15) is 0 Å². The molecule has 1 aromatic carbocycles. The van der Waals surface area contributed by atoms with E-state index >= 15 is 0 Å². The largest absolute Gasteiger partial charge is 0.325 e. The first kappa shape index (κ1) is 18.3. The Hall–Kier alpha value is -2.01. The van der Waals surface area contributed by atoms with Crippen molar-refractivity contribution >= 4 is 23.4 Å². The van der Waals surface area contributed by atoms with Gasteiger partial charge in [-0.15, -0.1) is 11.8 Å². The predicted molar refractivity (Wildman–Crippen MR) is 102 cm³/mol. The van der Waals surface area contributed by atoms with E-state index in [2.05, 4.69) is 12.2 Å². The molecule has 1 amide bonds. The lowest BCUT2D eigenvalue weighted by atomic mass is 10.2. The van der Waals surface area contributed by atoms with Crippen LogP contribution < -0.4 is 10.9 Å². The molecule has 0 spiro atoms. The lowest BCUT2D eigenvalue weighted by Gasteiger charge is -2.12. The normalized spacial score (nSPS) is 11.9. The second kappa shape index (κ2) is 9.33. The van der Waals surface area contributed by atoms with Crippen molar-refractivity contribution in [3.8, 4) is 0 Å². The van der Waals surface area contributed by atoms with Gasteiger partial charge in [0, 0.05) is 18.0 Å². The molecule has 2 rings (SSSR count). The van der Waals surface area contributed by atoms with Crippen LogP contribution in [-0.2, 0) is 11.3 Å². The molecule has 0 saturated carbocycles. The van der Waals surface area contributed by atoms with Crippen molar-refractivity contribution in [3.05, 3.63) is 64.6 Å². The highest BCUT2D eigenvalue weighted by Crippen LogP contribution is 2.16. The number of carbonyl (C=O) groups excluding carboxylic acids is 1. The molecule has 5 heteroatoms. The second-order valence-corrected chi connectivity index (χ2v) is 7.17. The summed E-state index contributed by atoms with van der Waals surface area (Å²) in [4.78, 5) is 23.9. The summed E-state index contributed by atoms with van der Waals surface area (Å²) in [6, 6.07) is 12.8. The Kier molecular flexibility index (Phi) is 7.12. The molecule has 0 unspecified atom stereocenters. The van der Waals surface area contributed by atoms with Gasteiger partial charge in [-0.25, -0.2) is 0 Å². The second-order valence-electron chi connectivity index (χ2n) is 5.72. The zero-order valence-electron chi connectivity index (χ0n) is 14.2. The van der Waals surface area contributed by atoms with E-state index in [1.165, 1.54) is 0 Å². The smallest absolute Gasteiger partial charge is 0.250 e. The summed E-state index contributed by atoms with van der Waals surface area (Å²) < 4.78 is 1.65. The first-order chi connectivity index (χ1) is 11.6. The number of amides is 1. The number of nitrogens with zero attached hydrogens (tertiary/aromatic N) is 1. The van der Waals surface area contributed by atoms with Crippen molar-refractivity contribution in [1.82, 2.24) is 4.57 Å². The summed E-state index contributed by atoms with van der Waals surface area (Å²) in [6.45, 7) is 4.61. The minimum atomic E-state index is -0.0564. The van der Waals surface area contributed by atoms with E-state index in [1.807, 2.05) is 37.3 Å². The van der Waals surface area contributed by atoms with Crippen LogP contribution >= 0.6 is 11.8 Å². The fourth-order valence-electron chi connectivity index (χ4n) is 2.21. The summed E-state index contributed by atoms with van der Waals surface area (Å²) in [7, 11) is 0. The number of unbranched alkanes of at least 4 members (excludes halogenated alkanes) is 1. The zero-order chi connectivity index (χ0) is 17.4. The van der Waals surface area contributed by atoms with Crippen molar-refractivity contribution in [2.45, 2.75) is 38.5 Å². The molecule has 1 atom stereocenters. The number of thioether (sulfide) groups is 1. The third kappa shape index (κ3) is 5.57. The molecule has 24 heavy (non-hydrogen) atoms. The monoisotopic (exact) mass is 344 g/mol. The van der Waals surface area contributed by atoms with E-state index in [0.717, 1.165) is 29.8 Å². The lowest BCUT2D eigenvalue weighted by molar-refractivity contribution is -0.115. The average Bonchev–Trinajstić information content (AvgIpc) is 2.58. The van der Waals surface area contributed by atoms with Crippen molar-refractivity contribution in [3.63, 3.8) is 0 Å². The molecule has 0 aliphatic heterocycles. The van der Waals surface area contributed by atoms with E-state index in [0.29, 0.717) is 6.54 Å². The van der Waals surface area contributed by atoms with E-state index in [-0.39, 0.29) is 16.7 Å². The van der Waals surface area contributed by atoms with Crippen molar-refractivity contribution in [1.29, 1.82) is 0 Å². The number of anilines is 1. The maximum absolute atomic E-state index is 12.1. The highest BCUT2D eigenvalue weighted by Gasteiger charge is 2.13. The Morgan fingerprint density at radius 3 is 2.62 bits per heavy atom. The van der Waals surface area contributed by atoms with Gasteiger partial charge in [-0.05, 0) is 42.9 Å². The van der Waals surface area contributed by atoms with Crippen LogP contribution in [0.4, 0.5) is 5.69 Å². The fraction of sp³-hybridized carbons (Fsp3) is 0.368. The lowest BCUT2D eigenvalue weighted by Crippen LogP contribution is -2.22. The predicted octanol–water partition coefficient (Wildman–Crippen LogP) is 3.76. The third-order valence-corrected chi connectivity index (χ3v) is 4.95. The van der Waals surface area contributed by atoms with E-state index in [9.17, 15) is 9.59 Å². The Morgan fingerprint density at radius 1 is 1.21 bits per heavy atom. The molecule has 1 aromatic heterocycles. The highest BCUT2D eigenvalue weighted by molar-refractivity contribution is 8.00. The molecule has 128 valence electrons. The summed E-state index contributed by atoms with van der Waals surface area (Å²) in [5, 5.41) is 2.89. The Balaban J connectivity index is 1.91. The molecule has 0 aliphatic carbocycles. The van der Waals surface area contributed by atoms with Gasteiger partial charge in [-0.2, -0.15) is 0 Å². The molecule has 0 bridgehead atoms. The molecular formula is C19H24N2O2S. The van der Waals surface area contributed by atoms with Crippen LogP contribution in [0.2, 0.25) is 0 Å². The van der Waals surface area contributed by atoms with Crippen LogP contribution in [0.5, 0.6) is 0 Å². The van der Waals surface area contributed by atoms with Gasteiger partial charge in [0.15, 0.2) is 0 Å². The molecule has 0 aliphatic rings. The third-order valence-electron chi connectivity index (χ3n) is 3.71. The first-order valence-corrected chi connectivity index (χ1v) is 9.32. The Morgan fingerprint density at radius 2 is 1.96 bits per heavy atom. The average molecular weight is 344 g/mol. The van der Waals surface area contributed by atoms with Crippen molar-refractivity contribution in [2.75, 3.05) is 11.1 Å². The minimum absolute atomic E-state index is 0.0205. The number of hydrogen-bond donors (Lipinski definition) is 1. The van der Waals surface area contributed by atoms with Crippen LogP contribution in [0.3, 0.4) is 0 Å². The van der Waals surface area contributed by atoms with Gasteiger partial charge in [0.05, 0.1) is 11.8 Å². The first-order valence-electron chi connectivity index (χ1n) is 8.27. The standard InChI is InChI=1S/C19H24N2O2S/c1-3-4-13-24-15(2)19(23)20-17-10-8-16(9-11-17)14-21-12-6-5-7-18(21)22/h5-12,15H,3-4,13-14H2,1-2H3,(H,20,23)/t15-/m1/s1. The number of hydrogen-bond acceptors (Lipinski definition) is 3. The van der Waals surface area contributed by atoms with Crippen LogP contribution in [0.1, 0.15) is 32.3 Å². The van der Waals surface area contributed by atoms with Crippen LogP contribution in [0.25, 0.3) is 0 Å². The number of aromatic nitrogens is 1. The topological polar surface area (TPSA) is 51.1 Å². The van der Waals surface area contributed by atoms with Gasteiger partial charge in [0.25, 0.3) is 5.56 Å².